The van der Waals surface area contributed by atoms with Crippen LogP contribution in [0.1, 0.15) is 100.0 Å². The van der Waals surface area contributed by atoms with Gasteiger partial charge in [0.25, 0.3) is 0 Å². The van der Waals surface area contributed by atoms with Crippen molar-refractivity contribution in [3.05, 3.63) is 35.9 Å². The second-order valence-corrected chi connectivity index (χ2v) is 17.7. The Kier molecular flexibility index (Phi) is 22.8. The summed E-state index contributed by atoms with van der Waals surface area (Å²) in [5.74, 6) is -2.44. The lowest BCUT2D eigenvalue weighted by Crippen LogP contribution is -2.60. The number of ether oxygens (including phenoxy) is 3. The van der Waals surface area contributed by atoms with E-state index in [-0.39, 0.29) is 54.2 Å². The quantitative estimate of drug-likeness (QED) is 0.0908. The number of amides is 4. The largest absolute Gasteiger partial charge is 0.467 e. The van der Waals surface area contributed by atoms with Crippen molar-refractivity contribution in [3.8, 4) is 0 Å². The van der Waals surface area contributed by atoms with Crippen LogP contribution in [-0.2, 0) is 44.6 Å². The van der Waals surface area contributed by atoms with Crippen LogP contribution in [0.25, 0.3) is 0 Å². The minimum absolute atomic E-state index is 0.00270. The lowest BCUT2D eigenvalue weighted by molar-refractivity contribution is -0.149. The highest BCUT2D eigenvalue weighted by Crippen LogP contribution is 2.30. The van der Waals surface area contributed by atoms with Gasteiger partial charge >= 0.3 is 5.97 Å². The van der Waals surface area contributed by atoms with Crippen molar-refractivity contribution >= 4 is 29.6 Å². The Morgan fingerprint density at radius 3 is 2.05 bits per heavy atom. The Bertz CT molecular complexity index is 1480. The van der Waals surface area contributed by atoms with Gasteiger partial charge in [0.05, 0.1) is 49.8 Å². The van der Waals surface area contributed by atoms with E-state index in [1.165, 1.54) is 14.2 Å². The molecular formula is C46H80N6O8. The summed E-state index contributed by atoms with van der Waals surface area (Å²) in [6.45, 7) is 20.0. The highest BCUT2D eigenvalue weighted by molar-refractivity contribution is 5.90. The van der Waals surface area contributed by atoms with E-state index >= 15 is 0 Å². The van der Waals surface area contributed by atoms with Crippen molar-refractivity contribution in [2.45, 2.75) is 149 Å². The molecule has 1 aliphatic heterocycles. The zero-order chi connectivity index (χ0) is 45.3. The molecule has 1 fully saturated rings. The third kappa shape index (κ3) is 15.1. The van der Waals surface area contributed by atoms with Crippen molar-refractivity contribution in [1.82, 2.24) is 30.7 Å². The molecule has 0 saturated carbocycles. The average molecular weight is 845 g/mol. The van der Waals surface area contributed by atoms with Crippen LogP contribution >= 0.6 is 0 Å². The molecule has 14 heteroatoms. The van der Waals surface area contributed by atoms with Gasteiger partial charge in [0.15, 0.2) is 0 Å². The first-order valence-corrected chi connectivity index (χ1v) is 22.1. The third-order valence-corrected chi connectivity index (χ3v) is 12.2. The van der Waals surface area contributed by atoms with E-state index in [4.69, 9.17) is 14.2 Å². The Morgan fingerprint density at radius 1 is 0.867 bits per heavy atom. The molecule has 0 spiro atoms. The number of likely N-dealkylation sites (tertiary alicyclic amines) is 1. The topological polar surface area (TPSA) is 159 Å². The van der Waals surface area contributed by atoms with Gasteiger partial charge in [-0.25, -0.2) is 4.79 Å². The van der Waals surface area contributed by atoms with Crippen molar-refractivity contribution in [1.29, 1.82) is 0 Å². The third-order valence-electron chi connectivity index (χ3n) is 12.2. The van der Waals surface area contributed by atoms with E-state index in [0.717, 1.165) is 37.9 Å². The number of hydrogen-bond donors (Lipinski definition) is 3. The number of hydrogen-bond acceptors (Lipinski definition) is 10. The maximum atomic E-state index is 14.5. The maximum Gasteiger partial charge on any atom is 0.328 e. The molecule has 1 heterocycles. The van der Waals surface area contributed by atoms with E-state index in [1.54, 1.807) is 30.9 Å². The Hall–Kier alpha value is -3.59. The normalized spacial score (nSPS) is 18.4. The molecule has 0 bridgehead atoms. The SMILES string of the molecule is CC[C@H](C)[C@@H]([C@@H](CC(=O)N1CCC[C@H]1[C@H](OC)[C@@H](C)C(=O)N[C@@H](Cc1ccccc1)C(=O)OC)OC)N(C)C(=O)[C@@H](NC(=O)[C@H](C(C)C)N(C)CCCNC(C)C)C(C)C. The lowest BCUT2D eigenvalue weighted by Gasteiger charge is -2.41. The molecule has 342 valence electrons. The molecule has 2 rings (SSSR count). The molecular weight excluding hydrogens is 765 g/mol. The molecule has 0 unspecified atom stereocenters. The Morgan fingerprint density at radius 2 is 1.52 bits per heavy atom. The number of carbonyl (C=O) groups excluding carboxylic acids is 5. The number of esters is 1. The number of carbonyl (C=O) groups is 5. The fraction of sp³-hybridized carbons (Fsp3) is 0.761. The van der Waals surface area contributed by atoms with Crippen LogP contribution in [0.4, 0.5) is 0 Å². The number of nitrogens with one attached hydrogen (secondary N) is 3. The Balaban J connectivity index is 2.27. The second-order valence-electron chi connectivity index (χ2n) is 17.7. The van der Waals surface area contributed by atoms with Crippen molar-refractivity contribution < 1.29 is 38.2 Å². The van der Waals surface area contributed by atoms with Gasteiger partial charge in [0, 0.05) is 40.3 Å². The molecule has 0 aromatic heterocycles. The second kappa shape index (κ2) is 26.0. The van der Waals surface area contributed by atoms with Crippen LogP contribution in [0.15, 0.2) is 30.3 Å². The number of likely N-dealkylation sites (N-methyl/N-ethyl adjacent to an activating group) is 2. The summed E-state index contributed by atoms with van der Waals surface area (Å²) in [6, 6.07) is 6.81. The summed E-state index contributed by atoms with van der Waals surface area (Å²) in [6.07, 6.45) is 1.94. The number of rotatable bonds is 26. The Labute approximate surface area is 361 Å². The van der Waals surface area contributed by atoms with Gasteiger partial charge in [-0.1, -0.05) is 99.1 Å². The molecule has 1 aromatic rings. The lowest BCUT2D eigenvalue weighted by atomic mass is 9.89. The standard InChI is InChI=1S/C46H80N6O8/c1-15-32(8)41(51(11)45(56)39(29(2)3)49-44(55)40(30(4)5)50(10)25-20-24-47-31(6)7)37(58-12)28-38(53)52-26-19-23-36(52)42(59-13)33(9)43(54)48-35(46(57)60-14)27-34-21-17-16-18-22-34/h16-18,21-22,29-33,35-37,39-42,47H,15,19-20,23-28H2,1-14H3,(H,48,54)(H,49,55)/t32-,33+,35-,36-,37+,39-,40-,41-,42+/m0/s1. The molecule has 1 saturated heterocycles. The summed E-state index contributed by atoms with van der Waals surface area (Å²) in [4.78, 5) is 74.7. The predicted molar refractivity (Wildman–Crippen MR) is 236 cm³/mol. The average Bonchev–Trinajstić information content (AvgIpc) is 3.70. The summed E-state index contributed by atoms with van der Waals surface area (Å²) in [5.41, 5.74) is 0.876. The van der Waals surface area contributed by atoms with Gasteiger partial charge in [-0.2, -0.15) is 0 Å². The van der Waals surface area contributed by atoms with E-state index in [2.05, 4.69) is 34.7 Å². The van der Waals surface area contributed by atoms with Crippen molar-refractivity contribution in [2.75, 3.05) is 55.1 Å². The number of methoxy groups -OCH3 is 3. The van der Waals surface area contributed by atoms with Crippen LogP contribution in [0.3, 0.4) is 0 Å². The van der Waals surface area contributed by atoms with E-state index in [0.29, 0.717) is 19.0 Å². The molecule has 3 N–H and O–H groups in total. The van der Waals surface area contributed by atoms with Gasteiger partial charge < -0.3 is 40.0 Å². The van der Waals surface area contributed by atoms with Crippen molar-refractivity contribution in [2.24, 2.45) is 23.7 Å². The number of benzene rings is 1. The summed E-state index contributed by atoms with van der Waals surface area (Å²) in [5, 5.41) is 9.42. The van der Waals surface area contributed by atoms with Gasteiger partial charge in [0.2, 0.25) is 23.6 Å². The van der Waals surface area contributed by atoms with Crippen LogP contribution in [0.2, 0.25) is 0 Å². The fourth-order valence-electron chi connectivity index (χ4n) is 8.64. The minimum Gasteiger partial charge on any atom is -0.467 e. The summed E-state index contributed by atoms with van der Waals surface area (Å²) in [7, 11) is 8.09. The number of nitrogens with zero attached hydrogens (tertiary/aromatic N) is 3. The van der Waals surface area contributed by atoms with E-state index < -0.39 is 54.3 Å². The zero-order valence-electron chi connectivity index (χ0n) is 39.3. The maximum absolute atomic E-state index is 14.5. The summed E-state index contributed by atoms with van der Waals surface area (Å²) < 4.78 is 17.0. The monoisotopic (exact) mass is 845 g/mol. The molecule has 0 aliphatic carbocycles. The van der Waals surface area contributed by atoms with Gasteiger partial charge in [0.1, 0.15) is 12.1 Å². The first-order chi connectivity index (χ1) is 28.3. The van der Waals surface area contributed by atoms with E-state index in [1.807, 2.05) is 78.9 Å². The van der Waals surface area contributed by atoms with Gasteiger partial charge in [-0.3, -0.25) is 24.1 Å². The first kappa shape index (κ1) is 52.5. The molecule has 14 nitrogen and oxygen atoms in total. The molecule has 0 radical (unpaired) electrons. The van der Waals surface area contributed by atoms with E-state index in [9.17, 15) is 24.0 Å². The molecule has 1 aromatic carbocycles. The van der Waals surface area contributed by atoms with Crippen LogP contribution < -0.4 is 16.0 Å². The predicted octanol–water partition coefficient (Wildman–Crippen LogP) is 4.29. The molecule has 4 amide bonds. The molecule has 60 heavy (non-hydrogen) atoms. The molecule has 9 atom stereocenters. The molecule has 1 aliphatic rings. The van der Waals surface area contributed by atoms with Crippen LogP contribution in [-0.4, -0.2) is 148 Å². The smallest absolute Gasteiger partial charge is 0.328 e. The first-order valence-electron chi connectivity index (χ1n) is 22.1. The minimum atomic E-state index is -0.894. The van der Waals surface area contributed by atoms with Gasteiger partial charge in [-0.05, 0) is 62.7 Å². The highest BCUT2D eigenvalue weighted by Gasteiger charge is 2.43. The van der Waals surface area contributed by atoms with Crippen LogP contribution in [0.5, 0.6) is 0 Å². The van der Waals surface area contributed by atoms with Gasteiger partial charge in [-0.15, -0.1) is 0 Å². The highest BCUT2D eigenvalue weighted by atomic mass is 16.5. The van der Waals surface area contributed by atoms with Crippen molar-refractivity contribution in [3.63, 3.8) is 0 Å². The van der Waals surface area contributed by atoms with Crippen LogP contribution in [0, 0.1) is 23.7 Å². The fourth-order valence-corrected chi connectivity index (χ4v) is 8.64. The zero-order valence-corrected chi connectivity index (χ0v) is 39.3. The summed E-state index contributed by atoms with van der Waals surface area (Å²) >= 11 is 0.